The van der Waals surface area contributed by atoms with Gasteiger partial charge < -0.3 is 175 Å². The van der Waals surface area contributed by atoms with Gasteiger partial charge in [-0.15, -0.1) is 0 Å². The van der Waals surface area contributed by atoms with Crippen LogP contribution in [0.4, 0.5) is 0 Å². The molecule has 0 unspecified atom stereocenters. The van der Waals surface area contributed by atoms with Crippen molar-refractivity contribution < 1.29 is 223 Å². The normalized spacial score (nSPS) is 14.6. The summed E-state index contributed by atoms with van der Waals surface area (Å²) in [5.74, 6) is -53.3. The van der Waals surface area contributed by atoms with Crippen LogP contribution in [0.3, 0.4) is 0 Å². The first-order valence-corrected chi connectivity index (χ1v) is 33.5. The van der Waals surface area contributed by atoms with Gasteiger partial charge >= 0.3 is 59.7 Å². The molecule has 11 rings (SSSR count). The summed E-state index contributed by atoms with van der Waals surface area (Å²) in [4.78, 5) is 143. The van der Waals surface area contributed by atoms with E-state index in [-0.39, 0.29) is 5.56 Å². The SMILES string of the molecule is Cc1c(O)cc(C(=O)Oc2cc(C(=O)O[C@H]3[C@@H](OC(=O)c4cc(O)c(O)c(OC(=O)c5cc(O)c(O)c(O)c5)c4)O[C@H](COC(=O)c4cc(O)c(O)c(OC(=O)c5cc(O)c(O)c(O)c5)c4)[C@@H](OC(=O)c4cc(O)c(O)c(OC(=O)c5cc(O)c(O)c(O)c5)c4)[C@@H]3OC(=O)c3cc(O)c(O)c(OC(=O)c4cc(O)c(O)c(O)c4)c3)cc(O)c2O)cc1O. The third-order valence-electron chi connectivity index (χ3n) is 17.2. The Balaban J connectivity index is 1.09. The van der Waals surface area contributed by atoms with Crippen LogP contribution < -0.4 is 23.7 Å². The van der Waals surface area contributed by atoms with Crippen LogP contribution in [0.2, 0.25) is 0 Å². The lowest BCUT2D eigenvalue weighted by molar-refractivity contribution is -0.282. The number of phenolic OH excluding ortho intramolecular Hbond substituents is 24. The van der Waals surface area contributed by atoms with E-state index in [0.29, 0.717) is 109 Å². The van der Waals surface area contributed by atoms with Crippen molar-refractivity contribution in [2.45, 2.75) is 37.6 Å². The van der Waals surface area contributed by atoms with E-state index in [0.717, 1.165) is 12.1 Å². The number of hydrogen-bond acceptors (Lipinski definition) is 45. The second kappa shape index (κ2) is 33.5. The standard InChI is InChI=1S/C77H54O45/c1-23-34(78)2-24(3-35(23)79)68(103)114-52-20-32(15-47(91)62(52)100)75(110)121-66-65(120-74(109)31-14-46(90)61(99)51(19-31)116-71(106)27-8-40(84)57(95)41(85)9-27)64(119-73(108)30-13-45(89)60(98)50(18-30)115-70(105)26-6-38(82)56(94)39(83)7-26)54(22-112-67(102)29-12-44(88)59(97)49(17-29)113-69(104)25-4-36(80)55(93)37(81)5-25)118-77(66)122-76(111)33-16-48(92)63(101)53(21-33)117-72(107)28-10-42(86)58(96)43(87)11-28/h2-21,54,64-66,77-101H,22H2,1H3/t54-,64-,65+,66-,77-/m1/s1. The number of carbonyl (C=O) groups excluding carboxylic acids is 10. The van der Waals surface area contributed by atoms with E-state index in [4.69, 9.17) is 52.1 Å². The first-order chi connectivity index (χ1) is 57.4. The number of rotatable bonds is 21. The van der Waals surface area contributed by atoms with Crippen molar-refractivity contribution in [3.8, 4) is 167 Å². The third-order valence-corrected chi connectivity index (χ3v) is 17.2. The molecular weight excluding hydrogens is 1640 g/mol. The van der Waals surface area contributed by atoms with Crippen molar-refractivity contribution in [2.75, 3.05) is 6.61 Å². The summed E-state index contributed by atoms with van der Waals surface area (Å²) in [5.41, 5.74) is -9.77. The van der Waals surface area contributed by atoms with Crippen molar-refractivity contribution in [1.82, 2.24) is 0 Å². The van der Waals surface area contributed by atoms with Gasteiger partial charge in [0, 0.05) is 5.56 Å². The highest BCUT2D eigenvalue weighted by Crippen LogP contribution is 2.47. The second-order valence-electron chi connectivity index (χ2n) is 25.4. The van der Waals surface area contributed by atoms with Gasteiger partial charge in [0.2, 0.25) is 41.1 Å². The van der Waals surface area contributed by atoms with Crippen LogP contribution in [0.25, 0.3) is 0 Å². The molecule has 10 aromatic rings. The molecule has 1 fully saturated rings. The lowest BCUT2D eigenvalue weighted by atomic mass is 9.97. The molecule has 45 heteroatoms. The van der Waals surface area contributed by atoms with Crippen molar-refractivity contribution in [2.24, 2.45) is 0 Å². The number of ether oxygens (including phenoxy) is 11. The number of phenols is 24. The molecule has 1 saturated heterocycles. The lowest BCUT2D eigenvalue weighted by Crippen LogP contribution is -2.63. The Bertz CT molecular complexity index is 5970. The van der Waals surface area contributed by atoms with E-state index in [9.17, 15) is 156 Å². The smallest absolute Gasteiger partial charge is 0.343 e. The predicted octanol–water partition coefficient (Wildman–Crippen LogP) is 5.44. The van der Waals surface area contributed by atoms with E-state index in [1.165, 1.54) is 6.92 Å². The zero-order valence-corrected chi connectivity index (χ0v) is 60.4. The maximum atomic E-state index is 15.3. The number of hydrogen-bond donors (Lipinski definition) is 24. The largest absolute Gasteiger partial charge is 0.508 e. The fourth-order valence-electron chi connectivity index (χ4n) is 10.9. The fourth-order valence-corrected chi connectivity index (χ4v) is 10.9. The van der Waals surface area contributed by atoms with Gasteiger partial charge in [0.25, 0.3) is 0 Å². The highest BCUT2D eigenvalue weighted by atomic mass is 16.8. The topological polar surface area (TPSA) is 758 Å². The summed E-state index contributed by atoms with van der Waals surface area (Å²) in [5, 5.41) is 252. The fraction of sp³-hybridized carbons (Fsp3) is 0.0909. The zero-order valence-electron chi connectivity index (χ0n) is 60.4. The van der Waals surface area contributed by atoms with Crippen molar-refractivity contribution in [3.63, 3.8) is 0 Å². The molecule has 10 aromatic carbocycles. The van der Waals surface area contributed by atoms with E-state index in [1.807, 2.05) is 0 Å². The Hall–Kier alpha value is -17.9. The molecule has 0 radical (unpaired) electrons. The van der Waals surface area contributed by atoms with Crippen LogP contribution in [0.1, 0.15) is 109 Å². The molecule has 45 nitrogen and oxygen atoms in total. The van der Waals surface area contributed by atoms with Crippen LogP contribution in [-0.4, -0.2) is 220 Å². The summed E-state index contributed by atoms with van der Waals surface area (Å²) in [7, 11) is 0. The second-order valence-corrected chi connectivity index (χ2v) is 25.4. The van der Waals surface area contributed by atoms with E-state index >= 15 is 14.4 Å². The molecule has 122 heavy (non-hydrogen) atoms. The number of carbonyl (C=O) groups is 10. The van der Waals surface area contributed by atoms with Crippen LogP contribution in [0, 0.1) is 6.92 Å². The molecule has 0 aromatic heterocycles. The first kappa shape index (κ1) is 85.0. The van der Waals surface area contributed by atoms with Crippen LogP contribution in [0.15, 0.2) is 121 Å². The average molecular weight is 1700 g/mol. The summed E-state index contributed by atoms with van der Waals surface area (Å²) in [6.07, 6.45) is -15.0. The number of aromatic hydroxyl groups is 24. The Morgan fingerprint density at radius 1 is 0.230 bits per heavy atom. The van der Waals surface area contributed by atoms with Crippen molar-refractivity contribution >= 4 is 59.7 Å². The van der Waals surface area contributed by atoms with E-state index in [1.54, 1.807) is 0 Å². The molecule has 0 aliphatic carbocycles. The van der Waals surface area contributed by atoms with Gasteiger partial charge in [0.05, 0.1) is 55.6 Å². The van der Waals surface area contributed by atoms with Crippen LogP contribution >= 0.6 is 0 Å². The lowest BCUT2D eigenvalue weighted by Gasteiger charge is -2.43. The Labute approximate surface area is 673 Å². The van der Waals surface area contributed by atoms with Gasteiger partial charge in [-0.3, -0.25) is 0 Å². The highest BCUT2D eigenvalue weighted by Gasteiger charge is 2.55. The van der Waals surface area contributed by atoms with Crippen molar-refractivity contribution in [1.29, 1.82) is 0 Å². The van der Waals surface area contributed by atoms with E-state index in [2.05, 4.69) is 0 Å². The maximum Gasteiger partial charge on any atom is 0.343 e. The highest BCUT2D eigenvalue weighted by molar-refractivity contribution is 6.00. The number of benzene rings is 10. The minimum Gasteiger partial charge on any atom is -0.508 e. The molecule has 5 atom stereocenters. The van der Waals surface area contributed by atoms with Gasteiger partial charge in [0.1, 0.15) is 24.2 Å². The Morgan fingerprint density at radius 2 is 0.418 bits per heavy atom. The monoisotopic (exact) mass is 1700 g/mol. The van der Waals surface area contributed by atoms with Crippen LogP contribution in [0.5, 0.6) is 167 Å². The summed E-state index contributed by atoms with van der Waals surface area (Å²) >= 11 is 0. The molecule has 0 bridgehead atoms. The van der Waals surface area contributed by atoms with Gasteiger partial charge in [-0.2, -0.15) is 0 Å². The average Bonchev–Trinajstić information content (AvgIpc) is 0.763. The molecule has 1 heterocycles. The number of esters is 10. The first-order valence-electron chi connectivity index (χ1n) is 33.5. The Kier molecular flexibility index (Phi) is 23.3. The van der Waals surface area contributed by atoms with Gasteiger partial charge in [0.15, 0.2) is 139 Å². The molecule has 0 spiro atoms. The zero-order chi connectivity index (χ0) is 89.4. The van der Waals surface area contributed by atoms with Gasteiger partial charge in [-0.05, 0) is 128 Å². The molecule has 1 aliphatic heterocycles. The molecule has 0 saturated carbocycles. The van der Waals surface area contributed by atoms with Crippen molar-refractivity contribution in [3.05, 3.63) is 183 Å². The van der Waals surface area contributed by atoms with Gasteiger partial charge in [-0.1, -0.05) is 0 Å². The summed E-state index contributed by atoms with van der Waals surface area (Å²) in [6.45, 7) is -0.482. The summed E-state index contributed by atoms with van der Waals surface area (Å²) in [6, 6.07) is 9.29. The van der Waals surface area contributed by atoms with Crippen LogP contribution in [-0.2, 0) is 28.4 Å². The summed E-state index contributed by atoms with van der Waals surface area (Å²) < 4.78 is 60.7. The quantitative estimate of drug-likeness (QED) is 0.0184. The molecule has 632 valence electrons. The molecule has 1 aliphatic rings. The van der Waals surface area contributed by atoms with E-state index < -0.39 is 319 Å². The minimum atomic E-state index is -3.09. The molecule has 24 N–H and O–H groups in total. The maximum absolute atomic E-state index is 15.3. The molecule has 0 amide bonds. The van der Waals surface area contributed by atoms with Gasteiger partial charge in [-0.25, -0.2) is 47.9 Å². The molecular formula is C77H54O45. The predicted molar refractivity (Wildman–Crippen MR) is 386 cm³/mol. The Morgan fingerprint density at radius 3 is 0.664 bits per heavy atom. The third kappa shape index (κ3) is 17.6. The minimum absolute atomic E-state index is 0.166.